The number of carbonyl (C=O) groups is 3. The molecular weight excluding hydrogens is 426 g/mol. The molecule has 1 N–H and O–H groups in total. The topological polar surface area (TPSA) is 84.3 Å². The van der Waals surface area contributed by atoms with Gasteiger partial charge in [0.1, 0.15) is 5.60 Å². The van der Waals surface area contributed by atoms with Crippen LogP contribution in [0.2, 0.25) is 0 Å². The first-order valence-electron chi connectivity index (χ1n) is 11.2. The Bertz CT molecular complexity index is 1180. The third kappa shape index (κ3) is 5.93. The first-order chi connectivity index (χ1) is 16.1. The summed E-state index contributed by atoms with van der Waals surface area (Å²) < 4.78 is 5.20. The summed E-state index contributed by atoms with van der Waals surface area (Å²) in [5, 5.41) is 8.12. The number of nitrogens with one attached hydrogen (secondary N) is 1. The highest BCUT2D eigenvalue weighted by molar-refractivity contribution is 6.63. The third-order valence-corrected chi connectivity index (χ3v) is 5.48. The Morgan fingerprint density at radius 3 is 1.79 bits per heavy atom. The van der Waals surface area contributed by atoms with E-state index in [0.29, 0.717) is 11.1 Å². The number of hydrogen-bond donors (Lipinski definition) is 1. The normalized spacial score (nSPS) is 12.9. The van der Waals surface area contributed by atoms with Crippen LogP contribution in [0.15, 0.2) is 84.9 Å². The van der Waals surface area contributed by atoms with Gasteiger partial charge in [0, 0.05) is 11.5 Å². The molecule has 1 unspecified atom stereocenters. The van der Waals surface area contributed by atoms with Gasteiger partial charge in [0.15, 0.2) is 17.3 Å². The lowest BCUT2D eigenvalue weighted by Crippen LogP contribution is -2.37. The van der Waals surface area contributed by atoms with E-state index in [4.69, 9.17) is 10.1 Å². The van der Waals surface area contributed by atoms with E-state index in [1.807, 2.05) is 60.7 Å². The van der Waals surface area contributed by atoms with E-state index in [-0.39, 0.29) is 5.78 Å². The van der Waals surface area contributed by atoms with Gasteiger partial charge in [-0.3, -0.25) is 15.0 Å². The fourth-order valence-corrected chi connectivity index (χ4v) is 3.77. The number of Topliss-reactive ketones (excluding diaryl/α,β-unsaturated/α-hetero) is 2. The zero-order valence-corrected chi connectivity index (χ0v) is 19.9. The Hall–Kier alpha value is -3.86. The lowest BCUT2D eigenvalue weighted by molar-refractivity contribution is -0.146. The zero-order chi connectivity index (χ0) is 24.9. The van der Waals surface area contributed by atoms with Crippen LogP contribution in [0, 0.1) is 11.3 Å². The Labute approximate surface area is 200 Å². The van der Waals surface area contributed by atoms with E-state index in [2.05, 4.69) is 0 Å². The van der Waals surface area contributed by atoms with Crippen molar-refractivity contribution < 1.29 is 19.1 Å². The molecule has 0 radical (unpaired) electrons. The first kappa shape index (κ1) is 24.8. The molecule has 5 nitrogen and oxygen atoms in total. The Morgan fingerprint density at radius 2 is 1.26 bits per heavy atom. The number of ketones is 2. The maximum Gasteiger partial charge on any atom is 0.360 e. The summed E-state index contributed by atoms with van der Waals surface area (Å²) in [7, 11) is 0. The van der Waals surface area contributed by atoms with Crippen molar-refractivity contribution in [1.82, 2.24) is 0 Å². The smallest absolute Gasteiger partial charge is 0.360 e. The zero-order valence-electron chi connectivity index (χ0n) is 19.9. The number of rotatable bonds is 8. The molecule has 0 amide bonds. The molecule has 0 bridgehead atoms. The van der Waals surface area contributed by atoms with Crippen molar-refractivity contribution in [3.8, 4) is 11.1 Å². The Kier molecular flexibility index (Phi) is 7.57. The van der Waals surface area contributed by atoms with Crippen LogP contribution in [0.4, 0.5) is 0 Å². The van der Waals surface area contributed by atoms with E-state index < -0.39 is 34.9 Å². The summed E-state index contributed by atoms with van der Waals surface area (Å²) in [5.41, 5.74) is 1.54. The second-order valence-corrected chi connectivity index (χ2v) is 9.23. The molecular formula is C29H29NO4. The molecule has 0 aliphatic carbocycles. The van der Waals surface area contributed by atoms with Gasteiger partial charge in [-0.2, -0.15) is 0 Å². The fourth-order valence-electron chi connectivity index (χ4n) is 3.77. The van der Waals surface area contributed by atoms with E-state index in [0.717, 1.165) is 11.1 Å². The molecule has 0 spiro atoms. The van der Waals surface area contributed by atoms with Gasteiger partial charge in [-0.05, 0) is 37.5 Å². The summed E-state index contributed by atoms with van der Waals surface area (Å²) in [6, 6.07) is 26.0. The average molecular weight is 456 g/mol. The molecule has 0 aliphatic rings. The maximum atomic E-state index is 13.5. The van der Waals surface area contributed by atoms with Crippen molar-refractivity contribution in [3.63, 3.8) is 0 Å². The number of benzene rings is 3. The van der Waals surface area contributed by atoms with Gasteiger partial charge in [0.05, 0.1) is 5.92 Å². The number of carbonyl (C=O) groups excluding carboxylic acids is 3. The van der Waals surface area contributed by atoms with Gasteiger partial charge >= 0.3 is 5.97 Å². The van der Waals surface area contributed by atoms with Gasteiger partial charge in [-0.25, -0.2) is 4.79 Å². The molecule has 0 saturated heterocycles. The molecule has 3 aromatic rings. The largest absolute Gasteiger partial charge is 0.455 e. The summed E-state index contributed by atoms with van der Waals surface area (Å²) in [5.74, 6) is -3.76. The molecule has 174 valence electrons. The minimum atomic E-state index is -0.991. The van der Waals surface area contributed by atoms with E-state index >= 15 is 0 Å². The molecule has 2 atom stereocenters. The molecule has 0 heterocycles. The summed E-state index contributed by atoms with van der Waals surface area (Å²) in [6.45, 7) is 6.59. The van der Waals surface area contributed by atoms with Crippen LogP contribution in [-0.2, 0) is 14.3 Å². The van der Waals surface area contributed by atoms with Gasteiger partial charge in [0.25, 0.3) is 0 Å². The number of esters is 1. The summed E-state index contributed by atoms with van der Waals surface area (Å²) in [4.78, 5) is 39.0. The molecule has 5 heteroatoms. The summed E-state index contributed by atoms with van der Waals surface area (Å²) >= 11 is 0. The van der Waals surface area contributed by atoms with Crippen molar-refractivity contribution >= 4 is 23.2 Å². The van der Waals surface area contributed by atoms with Crippen molar-refractivity contribution in [3.05, 3.63) is 96.1 Å². The molecule has 34 heavy (non-hydrogen) atoms. The quantitative estimate of drug-likeness (QED) is 0.199. The van der Waals surface area contributed by atoms with Crippen LogP contribution in [0.5, 0.6) is 0 Å². The number of ether oxygens (including phenoxy) is 1. The molecule has 0 fully saturated rings. The number of hydrogen-bond acceptors (Lipinski definition) is 5. The highest BCUT2D eigenvalue weighted by atomic mass is 16.6. The van der Waals surface area contributed by atoms with Crippen molar-refractivity contribution in [2.24, 2.45) is 5.92 Å². The van der Waals surface area contributed by atoms with Crippen LogP contribution in [0.3, 0.4) is 0 Å². The van der Waals surface area contributed by atoms with Crippen LogP contribution in [-0.4, -0.2) is 28.8 Å². The second-order valence-electron chi connectivity index (χ2n) is 9.23. The molecule has 0 aliphatic heterocycles. The van der Waals surface area contributed by atoms with Crippen LogP contribution >= 0.6 is 0 Å². The van der Waals surface area contributed by atoms with E-state index in [1.54, 1.807) is 52.0 Å². The van der Waals surface area contributed by atoms with Crippen LogP contribution in [0.1, 0.15) is 49.5 Å². The van der Waals surface area contributed by atoms with Crippen LogP contribution in [0.25, 0.3) is 11.1 Å². The highest BCUT2D eigenvalue weighted by Gasteiger charge is 2.36. The van der Waals surface area contributed by atoms with Gasteiger partial charge < -0.3 is 4.74 Å². The second kappa shape index (κ2) is 10.4. The minimum Gasteiger partial charge on any atom is -0.455 e. The highest BCUT2D eigenvalue weighted by Crippen LogP contribution is 2.32. The van der Waals surface area contributed by atoms with E-state index in [1.165, 1.54) is 0 Å². The molecule has 0 aromatic heterocycles. The summed E-state index contributed by atoms with van der Waals surface area (Å²) in [6.07, 6.45) is 0. The van der Waals surface area contributed by atoms with E-state index in [9.17, 15) is 14.4 Å². The minimum absolute atomic E-state index is 0.245. The molecule has 3 rings (SSSR count). The third-order valence-electron chi connectivity index (χ3n) is 5.48. The van der Waals surface area contributed by atoms with Gasteiger partial charge in [-0.15, -0.1) is 0 Å². The molecule has 3 aromatic carbocycles. The average Bonchev–Trinajstić information content (AvgIpc) is 2.83. The Balaban J connectivity index is 1.95. The predicted octanol–water partition coefficient (Wildman–Crippen LogP) is 5.89. The Morgan fingerprint density at radius 1 is 0.765 bits per heavy atom. The van der Waals surface area contributed by atoms with Crippen molar-refractivity contribution in [2.75, 3.05) is 0 Å². The first-order valence-corrected chi connectivity index (χ1v) is 11.2. The molecule has 0 saturated carbocycles. The SMILES string of the molecule is CC(C(=O)C(=N)C(=O)OC(C)(C)C)[C@H](C(=O)c1ccccc1)c1ccc(-c2ccccc2)cc1. The van der Waals surface area contributed by atoms with Crippen LogP contribution < -0.4 is 0 Å². The van der Waals surface area contributed by atoms with Crippen molar-refractivity contribution in [2.45, 2.75) is 39.2 Å². The fraction of sp³-hybridized carbons (Fsp3) is 0.241. The lowest BCUT2D eigenvalue weighted by atomic mass is 9.78. The van der Waals surface area contributed by atoms with Gasteiger partial charge in [-0.1, -0.05) is 91.9 Å². The standard InChI is InChI=1S/C29H29NO4/c1-19(26(31)25(30)28(33)34-29(2,3)4)24(27(32)23-13-9-6-10-14-23)22-17-15-21(16-18-22)20-11-7-5-8-12-20/h5-19,24,30H,1-4H3/t19?,24-/m0/s1. The monoisotopic (exact) mass is 455 g/mol. The van der Waals surface area contributed by atoms with Crippen molar-refractivity contribution in [1.29, 1.82) is 5.41 Å². The van der Waals surface area contributed by atoms with Gasteiger partial charge in [0.2, 0.25) is 0 Å². The predicted molar refractivity (Wildman–Crippen MR) is 133 cm³/mol. The maximum absolute atomic E-state index is 13.5. The lowest BCUT2D eigenvalue weighted by Gasteiger charge is -2.24.